The van der Waals surface area contributed by atoms with Crippen LogP contribution in [0.1, 0.15) is 30.9 Å². The highest BCUT2D eigenvalue weighted by atomic mass is 19.4. The van der Waals surface area contributed by atoms with Gasteiger partial charge in [0.2, 0.25) is 0 Å². The summed E-state index contributed by atoms with van der Waals surface area (Å²) in [6.45, 7) is -0.0537. The summed E-state index contributed by atoms with van der Waals surface area (Å²) in [6.07, 6.45) is -8.20. The molecule has 1 fully saturated rings. The third kappa shape index (κ3) is 3.61. The van der Waals surface area contributed by atoms with E-state index in [1.807, 2.05) is 4.57 Å². The summed E-state index contributed by atoms with van der Waals surface area (Å²) in [5.74, 6) is -1.85. The van der Waals surface area contributed by atoms with Gasteiger partial charge in [-0.05, 0) is 43.5 Å². The molecule has 4 rings (SSSR count). The average Bonchev–Trinajstić information content (AvgIpc) is 2.82. The second-order valence-electron chi connectivity index (χ2n) is 7.49. The van der Waals surface area contributed by atoms with Gasteiger partial charge in [-0.3, -0.25) is 4.79 Å². The van der Waals surface area contributed by atoms with Gasteiger partial charge < -0.3 is 9.47 Å². The Bertz CT molecular complexity index is 1100. The number of carbonyl (C=O) groups excluding carboxylic acids is 1. The molecule has 9 heteroatoms. The first kappa shape index (κ1) is 20.6. The average molecular weight is 428 g/mol. The van der Waals surface area contributed by atoms with E-state index in [4.69, 9.17) is 0 Å². The molecule has 0 unspecified atom stereocenters. The van der Waals surface area contributed by atoms with Crippen LogP contribution >= 0.6 is 0 Å². The Balaban J connectivity index is 1.76. The monoisotopic (exact) mass is 428 g/mol. The number of alkyl halides is 6. The molecule has 1 atom stereocenters. The van der Waals surface area contributed by atoms with Crippen LogP contribution in [0.4, 0.5) is 26.3 Å². The Morgan fingerprint density at radius 3 is 2.27 bits per heavy atom. The predicted molar refractivity (Wildman–Crippen MR) is 100.0 cm³/mol. The summed E-state index contributed by atoms with van der Waals surface area (Å²) in [5, 5.41) is 1.11. The van der Waals surface area contributed by atoms with Crippen LogP contribution in [0.25, 0.3) is 21.8 Å². The van der Waals surface area contributed by atoms with Crippen molar-refractivity contribution in [2.75, 3.05) is 13.1 Å². The van der Waals surface area contributed by atoms with Crippen molar-refractivity contribution in [1.29, 1.82) is 0 Å². The van der Waals surface area contributed by atoms with Gasteiger partial charge in [-0.25, -0.2) is 0 Å². The van der Waals surface area contributed by atoms with Crippen molar-refractivity contribution < 1.29 is 31.1 Å². The molecule has 0 saturated carbocycles. The van der Waals surface area contributed by atoms with Crippen LogP contribution in [0.2, 0.25) is 0 Å². The lowest BCUT2D eigenvalue weighted by Gasteiger charge is -2.22. The molecule has 3 nitrogen and oxygen atoms in total. The Hall–Kier alpha value is -2.71. The zero-order chi connectivity index (χ0) is 21.7. The third-order valence-corrected chi connectivity index (χ3v) is 5.63. The summed E-state index contributed by atoms with van der Waals surface area (Å²) >= 11 is 0. The molecule has 1 amide bonds. The minimum absolute atomic E-state index is 0.00417. The maximum atomic E-state index is 13.2. The van der Waals surface area contributed by atoms with Crippen molar-refractivity contribution in [2.24, 2.45) is 0 Å². The molecule has 1 aliphatic heterocycles. The number of amides is 1. The van der Waals surface area contributed by atoms with Crippen LogP contribution in [-0.2, 0) is 11.0 Å². The lowest BCUT2D eigenvalue weighted by Crippen LogP contribution is -2.41. The first-order chi connectivity index (χ1) is 14.1. The highest BCUT2D eigenvalue weighted by Gasteiger charge is 2.43. The van der Waals surface area contributed by atoms with Crippen molar-refractivity contribution in [2.45, 2.75) is 37.7 Å². The van der Waals surface area contributed by atoms with Crippen LogP contribution in [0, 0.1) is 0 Å². The molecule has 2 aromatic carbocycles. The molecule has 3 aromatic rings. The number of hydrogen-bond donors (Lipinski definition) is 0. The zero-order valence-corrected chi connectivity index (χ0v) is 15.7. The summed E-state index contributed by atoms with van der Waals surface area (Å²) in [5.41, 5.74) is 0.581. The van der Waals surface area contributed by atoms with E-state index in [1.54, 1.807) is 24.3 Å². The quantitative estimate of drug-likeness (QED) is 0.441. The maximum Gasteiger partial charge on any atom is 0.471 e. The molecular formula is C21H18F6N2O. The molecule has 30 heavy (non-hydrogen) atoms. The summed E-state index contributed by atoms with van der Waals surface area (Å²) in [6, 6.07) is 10.4. The van der Waals surface area contributed by atoms with Crippen LogP contribution in [0.15, 0.2) is 42.5 Å². The molecule has 0 N–H and O–H groups in total. The Labute approximate surface area is 167 Å². The van der Waals surface area contributed by atoms with E-state index in [1.165, 1.54) is 6.07 Å². The van der Waals surface area contributed by atoms with Gasteiger partial charge in [0, 0.05) is 40.9 Å². The van der Waals surface area contributed by atoms with Gasteiger partial charge in [0.1, 0.15) is 0 Å². The maximum absolute atomic E-state index is 13.2. The Morgan fingerprint density at radius 1 is 0.867 bits per heavy atom. The second kappa shape index (κ2) is 7.21. The molecule has 1 saturated heterocycles. The SMILES string of the molecule is O=C(N1CCC[C@@H](n2c3ccccc3c3cc(C(F)(F)F)ccc32)CC1)C(F)(F)F. The number of fused-ring (bicyclic) bond motifs is 3. The van der Waals surface area contributed by atoms with E-state index in [0.29, 0.717) is 29.1 Å². The van der Waals surface area contributed by atoms with Crippen molar-refractivity contribution in [3.05, 3.63) is 48.0 Å². The number of aromatic nitrogens is 1. The molecule has 160 valence electrons. The minimum atomic E-state index is -4.92. The number of nitrogens with zero attached hydrogens (tertiary/aromatic N) is 2. The Morgan fingerprint density at radius 2 is 1.57 bits per heavy atom. The molecule has 0 bridgehead atoms. The van der Waals surface area contributed by atoms with Crippen molar-refractivity contribution in [1.82, 2.24) is 9.47 Å². The third-order valence-electron chi connectivity index (χ3n) is 5.63. The summed E-state index contributed by atoms with van der Waals surface area (Å²) < 4.78 is 79.9. The lowest BCUT2D eigenvalue weighted by atomic mass is 10.1. The number of carbonyl (C=O) groups is 1. The number of hydrogen-bond acceptors (Lipinski definition) is 1. The van der Waals surface area contributed by atoms with Crippen LogP contribution in [0.3, 0.4) is 0 Å². The number of rotatable bonds is 1. The first-order valence-corrected chi connectivity index (χ1v) is 9.53. The van der Waals surface area contributed by atoms with Gasteiger partial charge in [-0.1, -0.05) is 18.2 Å². The van der Waals surface area contributed by atoms with E-state index < -0.39 is 23.8 Å². The fraction of sp³-hybridized carbons (Fsp3) is 0.381. The van der Waals surface area contributed by atoms with Gasteiger partial charge >= 0.3 is 18.3 Å². The number of benzene rings is 2. The van der Waals surface area contributed by atoms with E-state index >= 15 is 0 Å². The molecule has 0 aliphatic carbocycles. The normalized spacial score (nSPS) is 18.7. The van der Waals surface area contributed by atoms with Gasteiger partial charge in [-0.15, -0.1) is 0 Å². The van der Waals surface area contributed by atoms with Crippen molar-refractivity contribution in [3.63, 3.8) is 0 Å². The predicted octanol–water partition coefficient (Wildman–Crippen LogP) is 5.93. The van der Waals surface area contributed by atoms with Gasteiger partial charge in [0.05, 0.1) is 5.56 Å². The summed E-state index contributed by atoms with van der Waals surface area (Å²) in [4.78, 5) is 12.4. The lowest BCUT2D eigenvalue weighted by molar-refractivity contribution is -0.185. The number of para-hydroxylation sites is 1. The van der Waals surface area contributed by atoms with Crippen LogP contribution in [-0.4, -0.2) is 34.6 Å². The van der Waals surface area contributed by atoms with Crippen LogP contribution < -0.4 is 0 Å². The minimum Gasteiger partial charge on any atom is -0.337 e. The van der Waals surface area contributed by atoms with Crippen molar-refractivity contribution in [3.8, 4) is 0 Å². The van der Waals surface area contributed by atoms with Gasteiger partial charge in [-0.2, -0.15) is 26.3 Å². The molecule has 0 spiro atoms. The van der Waals surface area contributed by atoms with Gasteiger partial charge in [0.25, 0.3) is 0 Å². The highest BCUT2D eigenvalue weighted by molar-refractivity contribution is 6.08. The van der Waals surface area contributed by atoms with E-state index in [2.05, 4.69) is 0 Å². The van der Waals surface area contributed by atoms with E-state index in [-0.39, 0.29) is 25.6 Å². The van der Waals surface area contributed by atoms with E-state index in [9.17, 15) is 31.1 Å². The molecule has 1 aromatic heterocycles. The highest BCUT2D eigenvalue weighted by Crippen LogP contribution is 2.39. The van der Waals surface area contributed by atoms with Gasteiger partial charge in [0.15, 0.2) is 0 Å². The molecule has 1 aliphatic rings. The fourth-order valence-electron chi connectivity index (χ4n) is 4.29. The summed E-state index contributed by atoms with van der Waals surface area (Å²) in [7, 11) is 0. The number of likely N-dealkylation sites (tertiary alicyclic amines) is 1. The standard InChI is InChI=1S/C21H18F6N2O/c22-20(23,24)13-7-8-18-16(12-13)15-5-1-2-6-17(15)29(18)14-4-3-10-28(11-9-14)19(30)21(25,26)27/h1-2,5-8,12,14H,3-4,9-11H2/t14-/m1/s1. The number of halogens is 6. The second-order valence-corrected chi connectivity index (χ2v) is 7.49. The molecule has 2 heterocycles. The largest absolute Gasteiger partial charge is 0.471 e. The van der Waals surface area contributed by atoms with Crippen LogP contribution in [0.5, 0.6) is 0 Å². The zero-order valence-electron chi connectivity index (χ0n) is 15.7. The first-order valence-electron chi connectivity index (χ1n) is 9.53. The fourth-order valence-corrected chi connectivity index (χ4v) is 4.29. The topological polar surface area (TPSA) is 25.2 Å². The Kier molecular flexibility index (Phi) is 4.94. The molecular weight excluding hydrogens is 410 g/mol. The molecule has 0 radical (unpaired) electrons. The smallest absolute Gasteiger partial charge is 0.337 e. The van der Waals surface area contributed by atoms with Crippen molar-refractivity contribution >= 4 is 27.7 Å². The van der Waals surface area contributed by atoms with E-state index in [0.717, 1.165) is 22.5 Å².